The van der Waals surface area contributed by atoms with E-state index in [0.29, 0.717) is 0 Å². The Hall–Kier alpha value is -1.91. The minimum Gasteiger partial charge on any atom is -0.347 e. The Labute approximate surface area is 106 Å². The summed E-state index contributed by atoms with van der Waals surface area (Å²) in [5, 5.41) is 0. The molecule has 98 valence electrons. The fraction of sp³-hybridized carbons (Fsp3) is 0.385. The Balaban J connectivity index is 2.87. The standard InChI is InChI=1S/C13H17FN2O2/c1-9-5-6-11(14)10(7-9)13(18)16(4)8-12(17)15(2)3/h5-7H,8H2,1-4H3. The first-order valence-electron chi connectivity index (χ1n) is 5.54. The van der Waals surface area contributed by atoms with Gasteiger partial charge in [0.1, 0.15) is 5.82 Å². The Morgan fingerprint density at radius 3 is 2.39 bits per heavy atom. The molecule has 0 heterocycles. The Morgan fingerprint density at radius 1 is 1.22 bits per heavy atom. The average Bonchev–Trinajstić information content (AvgIpc) is 2.31. The van der Waals surface area contributed by atoms with E-state index >= 15 is 0 Å². The topological polar surface area (TPSA) is 40.6 Å². The Morgan fingerprint density at radius 2 is 1.83 bits per heavy atom. The van der Waals surface area contributed by atoms with Crippen molar-refractivity contribution in [1.82, 2.24) is 9.80 Å². The van der Waals surface area contributed by atoms with Crippen LogP contribution in [0.25, 0.3) is 0 Å². The zero-order chi connectivity index (χ0) is 13.9. The first-order chi connectivity index (χ1) is 8.32. The number of nitrogens with zero attached hydrogens (tertiary/aromatic N) is 2. The highest BCUT2D eigenvalue weighted by atomic mass is 19.1. The number of aryl methyl sites for hydroxylation is 1. The molecule has 1 aromatic rings. The van der Waals surface area contributed by atoms with Crippen molar-refractivity contribution in [3.05, 3.63) is 35.1 Å². The molecule has 0 N–H and O–H groups in total. The van der Waals surface area contributed by atoms with Crippen LogP contribution in [0, 0.1) is 12.7 Å². The van der Waals surface area contributed by atoms with Crippen LogP contribution < -0.4 is 0 Å². The lowest BCUT2D eigenvalue weighted by Gasteiger charge is -2.19. The highest BCUT2D eigenvalue weighted by molar-refractivity contribution is 5.96. The van der Waals surface area contributed by atoms with Crippen molar-refractivity contribution in [1.29, 1.82) is 0 Å². The van der Waals surface area contributed by atoms with E-state index in [0.717, 1.165) is 5.56 Å². The van der Waals surface area contributed by atoms with Gasteiger partial charge in [0.15, 0.2) is 0 Å². The van der Waals surface area contributed by atoms with Crippen molar-refractivity contribution < 1.29 is 14.0 Å². The summed E-state index contributed by atoms with van der Waals surface area (Å²) in [7, 11) is 4.69. The molecule has 0 aromatic heterocycles. The molecule has 0 atom stereocenters. The smallest absolute Gasteiger partial charge is 0.257 e. The predicted octanol–water partition coefficient (Wildman–Crippen LogP) is 1.29. The van der Waals surface area contributed by atoms with Crippen LogP contribution in [0.5, 0.6) is 0 Å². The third kappa shape index (κ3) is 3.29. The molecule has 2 amide bonds. The van der Waals surface area contributed by atoms with Gasteiger partial charge in [-0.05, 0) is 19.1 Å². The van der Waals surface area contributed by atoms with Crippen LogP contribution in [0.15, 0.2) is 18.2 Å². The summed E-state index contributed by atoms with van der Waals surface area (Å²) in [6.45, 7) is 1.71. The van der Waals surface area contributed by atoms with Crippen molar-refractivity contribution >= 4 is 11.8 Å². The van der Waals surface area contributed by atoms with E-state index < -0.39 is 11.7 Å². The van der Waals surface area contributed by atoms with Gasteiger partial charge in [0.05, 0.1) is 12.1 Å². The van der Waals surface area contributed by atoms with Gasteiger partial charge in [-0.2, -0.15) is 0 Å². The predicted molar refractivity (Wildman–Crippen MR) is 66.8 cm³/mol. The molecule has 0 spiro atoms. The van der Waals surface area contributed by atoms with E-state index in [1.165, 1.54) is 29.0 Å². The fourth-order valence-electron chi connectivity index (χ4n) is 1.42. The lowest BCUT2D eigenvalue weighted by atomic mass is 10.1. The number of amides is 2. The van der Waals surface area contributed by atoms with Gasteiger partial charge >= 0.3 is 0 Å². The number of rotatable bonds is 3. The van der Waals surface area contributed by atoms with E-state index in [9.17, 15) is 14.0 Å². The number of halogens is 1. The third-order valence-electron chi connectivity index (χ3n) is 2.57. The van der Waals surface area contributed by atoms with Crippen LogP contribution in [0.1, 0.15) is 15.9 Å². The highest BCUT2D eigenvalue weighted by Gasteiger charge is 2.19. The molecule has 18 heavy (non-hydrogen) atoms. The molecule has 0 aliphatic rings. The van der Waals surface area contributed by atoms with Gasteiger partial charge in [-0.3, -0.25) is 9.59 Å². The lowest BCUT2D eigenvalue weighted by molar-refractivity contribution is -0.129. The zero-order valence-corrected chi connectivity index (χ0v) is 11.0. The molecular formula is C13H17FN2O2. The fourth-order valence-corrected chi connectivity index (χ4v) is 1.42. The van der Waals surface area contributed by atoms with Crippen LogP contribution >= 0.6 is 0 Å². The second-order valence-electron chi connectivity index (χ2n) is 4.43. The van der Waals surface area contributed by atoms with E-state index in [1.54, 1.807) is 27.1 Å². The maximum atomic E-state index is 13.5. The zero-order valence-electron chi connectivity index (χ0n) is 11.0. The molecule has 4 nitrogen and oxygen atoms in total. The Kier molecular flexibility index (Phi) is 4.42. The molecule has 0 saturated heterocycles. The summed E-state index contributed by atoms with van der Waals surface area (Å²) in [4.78, 5) is 26.1. The van der Waals surface area contributed by atoms with Crippen molar-refractivity contribution in [2.75, 3.05) is 27.7 Å². The van der Waals surface area contributed by atoms with Gasteiger partial charge in [0.25, 0.3) is 5.91 Å². The maximum absolute atomic E-state index is 13.5. The van der Waals surface area contributed by atoms with Gasteiger partial charge < -0.3 is 9.80 Å². The minimum absolute atomic E-state index is 0.0101. The summed E-state index contributed by atoms with van der Waals surface area (Å²) in [5.41, 5.74) is 0.788. The quantitative estimate of drug-likeness (QED) is 0.813. The molecule has 0 aliphatic carbocycles. The average molecular weight is 252 g/mol. The molecule has 0 saturated carbocycles. The van der Waals surface area contributed by atoms with E-state index in [-0.39, 0.29) is 18.0 Å². The monoisotopic (exact) mass is 252 g/mol. The van der Waals surface area contributed by atoms with Crippen molar-refractivity contribution in [2.45, 2.75) is 6.92 Å². The van der Waals surface area contributed by atoms with Crippen molar-refractivity contribution in [3.8, 4) is 0 Å². The van der Waals surface area contributed by atoms with Gasteiger partial charge in [0, 0.05) is 21.1 Å². The van der Waals surface area contributed by atoms with Gasteiger partial charge in [-0.1, -0.05) is 11.6 Å². The Bertz CT molecular complexity index is 472. The first-order valence-corrected chi connectivity index (χ1v) is 5.54. The second kappa shape index (κ2) is 5.62. The SMILES string of the molecule is Cc1ccc(F)c(C(=O)N(C)CC(=O)N(C)C)c1. The molecule has 0 aliphatic heterocycles. The van der Waals surface area contributed by atoms with E-state index in [1.807, 2.05) is 0 Å². The molecule has 1 aromatic carbocycles. The molecule has 0 radical (unpaired) electrons. The number of hydrogen-bond acceptors (Lipinski definition) is 2. The van der Waals surface area contributed by atoms with Crippen LogP contribution in [-0.4, -0.2) is 49.3 Å². The number of carbonyl (C=O) groups excluding carboxylic acids is 2. The van der Waals surface area contributed by atoms with Crippen LogP contribution in [0.3, 0.4) is 0 Å². The molecule has 1 rings (SSSR count). The van der Waals surface area contributed by atoms with E-state index in [2.05, 4.69) is 0 Å². The minimum atomic E-state index is -0.574. The molecule has 0 bridgehead atoms. The largest absolute Gasteiger partial charge is 0.347 e. The third-order valence-corrected chi connectivity index (χ3v) is 2.57. The summed E-state index contributed by atoms with van der Waals surface area (Å²) in [6.07, 6.45) is 0. The van der Waals surface area contributed by atoms with Gasteiger partial charge in [-0.15, -0.1) is 0 Å². The lowest BCUT2D eigenvalue weighted by Crippen LogP contribution is -2.38. The highest BCUT2D eigenvalue weighted by Crippen LogP contribution is 2.12. The molecular weight excluding hydrogens is 235 g/mol. The number of benzene rings is 1. The first kappa shape index (κ1) is 14.2. The second-order valence-corrected chi connectivity index (χ2v) is 4.43. The van der Waals surface area contributed by atoms with Crippen LogP contribution in [0.2, 0.25) is 0 Å². The van der Waals surface area contributed by atoms with Gasteiger partial charge in [0.2, 0.25) is 5.91 Å². The van der Waals surface area contributed by atoms with Gasteiger partial charge in [-0.25, -0.2) is 4.39 Å². The van der Waals surface area contributed by atoms with Crippen molar-refractivity contribution in [3.63, 3.8) is 0 Å². The molecule has 0 unspecified atom stereocenters. The van der Waals surface area contributed by atoms with Crippen molar-refractivity contribution in [2.24, 2.45) is 0 Å². The van der Waals surface area contributed by atoms with Crippen LogP contribution in [-0.2, 0) is 4.79 Å². The van der Waals surface area contributed by atoms with Crippen LogP contribution in [0.4, 0.5) is 4.39 Å². The number of likely N-dealkylation sites (N-methyl/N-ethyl adjacent to an activating group) is 2. The summed E-state index contributed by atoms with van der Waals surface area (Å²) in [5.74, 6) is -1.28. The molecule has 0 fully saturated rings. The summed E-state index contributed by atoms with van der Waals surface area (Å²) < 4.78 is 13.5. The normalized spacial score (nSPS) is 10.1. The number of carbonyl (C=O) groups is 2. The maximum Gasteiger partial charge on any atom is 0.257 e. The molecule has 5 heteroatoms. The van der Waals surface area contributed by atoms with E-state index in [4.69, 9.17) is 0 Å². The summed E-state index contributed by atoms with van der Waals surface area (Å²) in [6, 6.07) is 4.33. The number of hydrogen-bond donors (Lipinski definition) is 0. The summed E-state index contributed by atoms with van der Waals surface area (Å²) >= 11 is 0.